The van der Waals surface area contributed by atoms with Gasteiger partial charge in [-0.2, -0.15) is 0 Å². The molecule has 1 aliphatic rings. The van der Waals surface area contributed by atoms with E-state index in [1.54, 1.807) is 6.92 Å². The maximum Gasteiger partial charge on any atom is 0.328 e. The Hall–Kier alpha value is -1.82. The quantitative estimate of drug-likeness (QED) is 0.659. The van der Waals surface area contributed by atoms with Gasteiger partial charge in [-0.05, 0) is 57.2 Å². The highest BCUT2D eigenvalue weighted by atomic mass is 32.2. The molecule has 1 fully saturated rings. The Kier molecular flexibility index (Phi) is 8.10. The molecule has 0 N–H and O–H groups in total. The van der Waals surface area contributed by atoms with Gasteiger partial charge in [0, 0.05) is 5.92 Å². The van der Waals surface area contributed by atoms with E-state index in [4.69, 9.17) is 4.74 Å². The first kappa shape index (κ1) is 22.5. The van der Waals surface area contributed by atoms with Crippen LogP contribution in [0.2, 0.25) is 0 Å². The SMILES string of the molecule is COC(=O)C(C)N(C(=O)CSC(=O)C1CCCCC1)c1c(C)ccc(C)c1C. The van der Waals surface area contributed by atoms with Crippen LogP contribution in [0.5, 0.6) is 0 Å². The summed E-state index contributed by atoms with van der Waals surface area (Å²) in [5.74, 6) is -0.634. The van der Waals surface area contributed by atoms with Crippen molar-refractivity contribution in [2.75, 3.05) is 17.8 Å². The van der Waals surface area contributed by atoms with Gasteiger partial charge >= 0.3 is 5.97 Å². The van der Waals surface area contributed by atoms with Crippen LogP contribution >= 0.6 is 11.8 Å². The summed E-state index contributed by atoms with van der Waals surface area (Å²) >= 11 is 1.08. The Bertz CT molecular complexity index is 740. The van der Waals surface area contributed by atoms with Crippen LogP contribution in [0.4, 0.5) is 5.69 Å². The third-order valence-corrected chi connectivity index (χ3v) is 6.63. The molecule has 1 saturated carbocycles. The fraction of sp³-hybridized carbons (Fsp3) is 0.591. The predicted molar refractivity (Wildman–Crippen MR) is 114 cm³/mol. The lowest BCUT2D eigenvalue weighted by atomic mass is 9.90. The minimum Gasteiger partial charge on any atom is -0.467 e. The number of esters is 1. The van der Waals surface area contributed by atoms with Gasteiger partial charge in [0.25, 0.3) is 0 Å². The third kappa shape index (κ3) is 5.16. The van der Waals surface area contributed by atoms with Gasteiger partial charge in [0.2, 0.25) is 5.91 Å². The van der Waals surface area contributed by atoms with E-state index >= 15 is 0 Å². The van der Waals surface area contributed by atoms with Crippen LogP contribution in [0, 0.1) is 26.7 Å². The molecule has 0 radical (unpaired) electrons. The monoisotopic (exact) mass is 405 g/mol. The summed E-state index contributed by atoms with van der Waals surface area (Å²) in [6.07, 6.45) is 5.18. The molecule has 1 aromatic rings. The standard InChI is InChI=1S/C22H31NO4S/c1-14-11-12-15(2)20(16(14)3)23(17(4)21(25)27-5)19(24)13-28-22(26)18-9-7-6-8-10-18/h11-12,17-18H,6-10,13H2,1-5H3. The van der Waals surface area contributed by atoms with E-state index in [1.807, 2.05) is 32.9 Å². The summed E-state index contributed by atoms with van der Waals surface area (Å²) in [4.78, 5) is 39.4. The number of carbonyl (C=O) groups excluding carboxylic acids is 3. The van der Waals surface area contributed by atoms with Crippen molar-refractivity contribution in [2.45, 2.75) is 65.8 Å². The minimum atomic E-state index is -0.762. The number of thioether (sulfide) groups is 1. The Morgan fingerprint density at radius 3 is 2.32 bits per heavy atom. The van der Waals surface area contributed by atoms with Crippen molar-refractivity contribution in [1.29, 1.82) is 0 Å². The largest absolute Gasteiger partial charge is 0.467 e. The van der Waals surface area contributed by atoms with Crippen LogP contribution in [0.25, 0.3) is 0 Å². The molecule has 154 valence electrons. The number of ether oxygens (including phenoxy) is 1. The van der Waals surface area contributed by atoms with Crippen LogP contribution in [0.3, 0.4) is 0 Å². The van der Waals surface area contributed by atoms with E-state index in [0.717, 1.165) is 59.8 Å². The highest BCUT2D eigenvalue weighted by Gasteiger charge is 2.31. The Labute approximate surface area is 172 Å². The Balaban J connectivity index is 2.24. The number of benzene rings is 1. The molecule has 0 aliphatic heterocycles. The third-order valence-electron chi connectivity index (χ3n) is 5.62. The summed E-state index contributed by atoms with van der Waals surface area (Å²) in [5, 5.41) is 0.0939. The smallest absolute Gasteiger partial charge is 0.328 e. The van der Waals surface area contributed by atoms with Crippen LogP contribution in [0.1, 0.15) is 55.7 Å². The topological polar surface area (TPSA) is 63.7 Å². The summed E-state index contributed by atoms with van der Waals surface area (Å²) < 4.78 is 4.89. The fourth-order valence-electron chi connectivity index (χ4n) is 3.78. The van der Waals surface area contributed by atoms with Crippen molar-refractivity contribution in [3.05, 3.63) is 28.8 Å². The highest BCUT2D eigenvalue weighted by molar-refractivity contribution is 8.14. The number of nitrogens with zero attached hydrogens (tertiary/aromatic N) is 1. The zero-order chi connectivity index (χ0) is 20.8. The molecule has 6 heteroatoms. The van der Waals surface area contributed by atoms with Gasteiger partial charge in [0.1, 0.15) is 6.04 Å². The molecule has 0 saturated heterocycles. The van der Waals surface area contributed by atoms with E-state index in [-0.39, 0.29) is 22.7 Å². The normalized spacial score (nSPS) is 15.8. The number of anilines is 1. The number of hydrogen-bond acceptors (Lipinski definition) is 5. The predicted octanol–water partition coefficient (Wildman–Crippen LogP) is 4.35. The molecule has 0 bridgehead atoms. The molecule has 1 amide bonds. The molecular weight excluding hydrogens is 374 g/mol. The number of methoxy groups -OCH3 is 1. The average Bonchev–Trinajstić information content (AvgIpc) is 2.71. The molecule has 0 heterocycles. The summed E-state index contributed by atoms with van der Waals surface area (Å²) in [7, 11) is 1.32. The van der Waals surface area contributed by atoms with Crippen molar-refractivity contribution in [1.82, 2.24) is 0 Å². The molecule has 5 nitrogen and oxygen atoms in total. The van der Waals surface area contributed by atoms with Crippen molar-refractivity contribution in [3.63, 3.8) is 0 Å². The van der Waals surface area contributed by atoms with E-state index in [0.29, 0.717) is 0 Å². The minimum absolute atomic E-state index is 0.0312. The maximum atomic E-state index is 13.2. The first-order chi connectivity index (χ1) is 13.3. The molecular formula is C22H31NO4S. The van der Waals surface area contributed by atoms with Crippen molar-refractivity contribution >= 4 is 34.4 Å². The van der Waals surface area contributed by atoms with E-state index < -0.39 is 12.0 Å². The van der Waals surface area contributed by atoms with Crippen LogP contribution in [-0.2, 0) is 19.1 Å². The highest BCUT2D eigenvalue weighted by Crippen LogP contribution is 2.31. The van der Waals surface area contributed by atoms with E-state index in [9.17, 15) is 14.4 Å². The van der Waals surface area contributed by atoms with Gasteiger partial charge in [0.15, 0.2) is 5.12 Å². The second kappa shape index (κ2) is 10.1. The molecule has 1 aromatic carbocycles. The van der Waals surface area contributed by atoms with Crippen molar-refractivity contribution < 1.29 is 19.1 Å². The van der Waals surface area contributed by atoms with Crippen LogP contribution in [-0.4, -0.2) is 35.9 Å². The zero-order valence-corrected chi connectivity index (χ0v) is 18.4. The molecule has 28 heavy (non-hydrogen) atoms. The summed E-state index contributed by atoms with van der Waals surface area (Å²) in [6.45, 7) is 7.51. The number of hydrogen-bond donors (Lipinski definition) is 0. The lowest BCUT2D eigenvalue weighted by Crippen LogP contribution is -2.46. The number of rotatable bonds is 6. The first-order valence-corrected chi connectivity index (χ1v) is 10.9. The van der Waals surface area contributed by atoms with Gasteiger partial charge in [-0.25, -0.2) is 4.79 Å². The molecule has 0 aromatic heterocycles. The zero-order valence-electron chi connectivity index (χ0n) is 17.5. The van der Waals surface area contributed by atoms with Gasteiger partial charge in [-0.1, -0.05) is 43.2 Å². The fourth-order valence-corrected chi connectivity index (χ4v) is 4.65. The number of amides is 1. The first-order valence-electron chi connectivity index (χ1n) is 9.91. The van der Waals surface area contributed by atoms with Gasteiger partial charge in [-0.3, -0.25) is 14.5 Å². The second-order valence-electron chi connectivity index (χ2n) is 7.58. The maximum absolute atomic E-state index is 13.2. The lowest BCUT2D eigenvalue weighted by Gasteiger charge is -2.31. The summed E-state index contributed by atoms with van der Waals surface area (Å²) in [6, 6.07) is 3.19. The van der Waals surface area contributed by atoms with E-state index in [1.165, 1.54) is 18.4 Å². The summed E-state index contributed by atoms with van der Waals surface area (Å²) in [5.41, 5.74) is 3.64. The second-order valence-corrected chi connectivity index (χ2v) is 8.56. The molecule has 2 rings (SSSR count). The molecule has 1 aliphatic carbocycles. The average molecular weight is 406 g/mol. The van der Waals surface area contributed by atoms with Crippen LogP contribution < -0.4 is 4.90 Å². The van der Waals surface area contributed by atoms with E-state index in [2.05, 4.69) is 0 Å². The lowest BCUT2D eigenvalue weighted by molar-refractivity contribution is -0.142. The molecule has 1 atom stereocenters. The van der Waals surface area contributed by atoms with Gasteiger partial charge < -0.3 is 4.74 Å². The van der Waals surface area contributed by atoms with Crippen LogP contribution in [0.15, 0.2) is 12.1 Å². The Morgan fingerprint density at radius 1 is 1.11 bits per heavy atom. The molecule has 1 unspecified atom stereocenters. The van der Waals surface area contributed by atoms with Crippen molar-refractivity contribution in [2.24, 2.45) is 5.92 Å². The van der Waals surface area contributed by atoms with Crippen molar-refractivity contribution in [3.8, 4) is 0 Å². The number of carbonyl (C=O) groups is 3. The Morgan fingerprint density at radius 2 is 1.71 bits per heavy atom. The molecule has 0 spiro atoms. The van der Waals surface area contributed by atoms with Gasteiger partial charge in [-0.15, -0.1) is 0 Å². The number of aryl methyl sites for hydroxylation is 2. The van der Waals surface area contributed by atoms with Gasteiger partial charge in [0.05, 0.1) is 18.6 Å².